The summed E-state index contributed by atoms with van der Waals surface area (Å²) in [5.41, 5.74) is 2.59. The molecule has 0 amide bonds. The van der Waals surface area contributed by atoms with Gasteiger partial charge < -0.3 is 20.1 Å². The number of ether oxygens (including phenoxy) is 1. The molecular formula is C21H31NO4. The summed E-state index contributed by atoms with van der Waals surface area (Å²) in [6.07, 6.45) is 4.07. The minimum Gasteiger partial charge on any atom is -0.508 e. The van der Waals surface area contributed by atoms with E-state index in [4.69, 9.17) is 4.74 Å². The van der Waals surface area contributed by atoms with Crippen molar-refractivity contribution < 1.29 is 20.1 Å². The van der Waals surface area contributed by atoms with E-state index in [-0.39, 0.29) is 17.4 Å². The highest BCUT2D eigenvalue weighted by Crippen LogP contribution is 2.62. The maximum Gasteiger partial charge on any atom is 0.213 e. The molecular weight excluding hydrogens is 330 g/mol. The van der Waals surface area contributed by atoms with Crippen LogP contribution in [-0.2, 0) is 4.74 Å². The van der Waals surface area contributed by atoms with Gasteiger partial charge in [-0.3, -0.25) is 5.32 Å². The Hall–Kier alpha value is -1.14. The molecule has 5 heteroatoms. The van der Waals surface area contributed by atoms with Crippen LogP contribution in [0, 0.1) is 17.3 Å². The molecule has 144 valence electrons. The first-order valence-corrected chi connectivity index (χ1v) is 9.89. The summed E-state index contributed by atoms with van der Waals surface area (Å²) < 4.78 is 4.92. The Labute approximate surface area is 155 Å². The Kier molecular flexibility index (Phi) is 4.76. The molecule has 3 aliphatic rings. The van der Waals surface area contributed by atoms with Crippen LogP contribution in [-0.4, -0.2) is 41.5 Å². The molecule has 0 heterocycles. The maximum atomic E-state index is 10.6. The van der Waals surface area contributed by atoms with Gasteiger partial charge in [-0.25, -0.2) is 0 Å². The number of aliphatic hydroxyl groups is 2. The van der Waals surface area contributed by atoms with Crippen molar-refractivity contribution in [2.75, 3.05) is 13.7 Å². The standard InChI is InChI=1S/C21H31NO4/c1-21-8-7-15-14-4-3-13(23)10-16(14)12(11-22-20(25)26-2)9-17(15)18(21)5-6-19(21)24/h3-4,10,12,15,17-20,22-25H,5-9,11H2,1-2H3/t12-,15-,17-,18+,19+,20?,21+/m1/s1. The second-order valence-corrected chi connectivity index (χ2v) is 8.76. The van der Waals surface area contributed by atoms with Crippen LogP contribution in [0.5, 0.6) is 5.75 Å². The van der Waals surface area contributed by atoms with E-state index in [1.807, 2.05) is 6.07 Å². The van der Waals surface area contributed by atoms with Gasteiger partial charge in [-0.05, 0) is 84.5 Å². The average molecular weight is 361 g/mol. The first kappa shape index (κ1) is 18.2. The monoisotopic (exact) mass is 361 g/mol. The first-order chi connectivity index (χ1) is 12.4. The predicted molar refractivity (Wildman–Crippen MR) is 98.8 cm³/mol. The molecule has 7 atom stereocenters. The summed E-state index contributed by atoms with van der Waals surface area (Å²) in [4.78, 5) is 0. The van der Waals surface area contributed by atoms with Crippen molar-refractivity contribution in [2.24, 2.45) is 17.3 Å². The van der Waals surface area contributed by atoms with Crippen LogP contribution in [0.2, 0.25) is 0 Å². The van der Waals surface area contributed by atoms with Crippen molar-refractivity contribution >= 4 is 0 Å². The van der Waals surface area contributed by atoms with E-state index >= 15 is 0 Å². The van der Waals surface area contributed by atoms with E-state index in [2.05, 4.69) is 18.3 Å². The summed E-state index contributed by atoms with van der Waals surface area (Å²) in [7, 11) is 1.47. The van der Waals surface area contributed by atoms with Gasteiger partial charge in [-0.2, -0.15) is 0 Å². The van der Waals surface area contributed by atoms with Gasteiger partial charge in [0.2, 0.25) is 6.41 Å². The van der Waals surface area contributed by atoms with Crippen LogP contribution in [0.25, 0.3) is 0 Å². The topological polar surface area (TPSA) is 82.0 Å². The van der Waals surface area contributed by atoms with E-state index in [1.165, 1.54) is 18.2 Å². The number of fused-ring (bicyclic) bond motifs is 5. The van der Waals surface area contributed by atoms with Crippen molar-refractivity contribution in [3.8, 4) is 5.75 Å². The SMILES string of the molecule is COC(O)NC[C@H]1C[C@@H]2[C@H](CC[C@]3(C)[C@@H](O)CC[C@@H]23)c2ccc(O)cc21. The van der Waals surface area contributed by atoms with Gasteiger partial charge in [0.25, 0.3) is 0 Å². The molecule has 26 heavy (non-hydrogen) atoms. The summed E-state index contributed by atoms with van der Waals surface area (Å²) in [6.45, 7) is 2.89. The van der Waals surface area contributed by atoms with Crippen LogP contribution in [0.15, 0.2) is 18.2 Å². The highest BCUT2D eigenvalue weighted by Gasteiger charge is 2.55. The van der Waals surface area contributed by atoms with Gasteiger partial charge in [0, 0.05) is 13.7 Å². The third-order valence-corrected chi connectivity index (χ3v) is 7.62. The number of hydrogen-bond acceptors (Lipinski definition) is 5. The molecule has 2 fully saturated rings. The van der Waals surface area contributed by atoms with E-state index in [1.54, 1.807) is 6.07 Å². The number of hydrogen-bond donors (Lipinski definition) is 4. The van der Waals surface area contributed by atoms with Crippen molar-refractivity contribution in [1.82, 2.24) is 5.32 Å². The quantitative estimate of drug-likeness (QED) is 0.620. The number of phenols is 1. The van der Waals surface area contributed by atoms with E-state index in [0.29, 0.717) is 30.0 Å². The number of rotatable bonds is 4. The maximum absolute atomic E-state index is 10.6. The number of methoxy groups -OCH3 is 1. The zero-order chi connectivity index (χ0) is 18.5. The van der Waals surface area contributed by atoms with Crippen molar-refractivity contribution in [2.45, 2.75) is 63.4 Å². The van der Waals surface area contributed by atoms with Gasteiger partial charge in [0.1, 0.15) is 5.75 Å². The Morgan fingerprint density at radius 1 is 1.27 bits per heavy atom. The molecule has 0 bridgehead atoms. The van der Waals surface area contributed by atoms with Crippen molar-refractivity contribution in [1.29, 1.82) is 0 Å². The molecule has 0 aliphatic heterocycles. The molecule has 1 aromatic rings. The lowest BCUT2D eigenvalue weighted by Gasteiger charge is -2.51. The third kappa shape index (κ3) is 2.85. The molecule has 1 aromatic carbocycles. The van der Waals surface area contributed by atoms with Gasteiger partial charge >= 0.3 is 0 Å². The Balaban J connectivity index is 1.66. The van der Waals surface area contributed by atoms with Gasteiger partial charge in [0.15, 0.2) is 0 Å². The highest BCUT2D eigenvalue weighted by molar-refractivity contribution is 5.42. The molecule has 0 radical (unpaired) electrons. The fraction of sp³-hybridized carbons (Fsp3) is 0.714. The van der Waals surface area contributed by atoms with Crippen LogP contribution in [0.3, 0.4) is 0 Å². The van der Waals surface area contributed by atoms with Gasteiger partial charge in [-0.1, -0.05) is 13.0 Å². The summed E-state index contributed by atoms with van der Waals surface area (Å²) >= 11 is 0. The van der Waals surface area contributed by atoms with Crippen LogP contribution in [0.4, 0.5) is 0 Å². The molecule has 1 unspecified atom stereocenters. The molecule has 5 nitrogen and oxygen atoms in total. The Morgan fingerprint density at radius 3 is 2.85 bits per heavy atom. The van der Waals surface area contributed by atoms with Crippen LogP contribution >= 0.6 is 0 Å². The Bertz CT molecular complexity index is 665. The number of phenolic OH excluding ortho intramolecular Hbond substituents is 1. The fourth-order valence-corrected chi connectivity index (χ4v) is 6.20. The largest absolute Gasteiger partial charge is 0.508 e. The Morgan fingerprint density at radius 2 is 2.08 bits per heavy atom. The summed E-state index contributed by atoms with van der Waals surface area (Å²) in [5.74, 6) is 2.14. The number of benzene rings is 1. The smallest absolute Gasteiger partial charge is 0.213 e. The van der Waals surface area contributed by atoms with Crippen molar-refractivity contribution in [3.63, 3.8) is 0 Å². The second kappa shape index (κ2) is 6.79. The lowest BCUT2D eigenvalue weighted by Crippen LogP contribution is -2.45. The van der Waals surface area contributed by atoms with Crippen molar-refractivity contribution in [3.05, 3.63) is 29.3 Å². The zero-order valence-electron chi connectivity index (χ0n) is 15.7. The summed E-state index contributed by atoms with van der Waals surface area (Å²) in [5, 5.41) is 33.4. The number of aromatic hydroxyl groups is 1. The molecule has 4 N–H and O–H groups in total. The number of aliphatic hydroxyl groups excluding tert-OH is 2. The van der Waals surface area contributed by atoms with E-state index in [9.17, 15) is 15.3 Å². The normalized spacial score (nSPS) is 39.8. The third-order valence-electron chi connectivity index (χ3n) is 7.62. The second-order valence-electron chi connectivity index (χ2n) is 8.76. The molecule has 2 saturated carbocycles. The van der Waals surface area contributed by atoms with E-state index < -0.39 is 6.41 Å². The molecule has 0 aromatic heterocycles. The van der Waals surface area contributed by atoms with E-state index in [0.717, 1.165) is 32.1 Å². The first-order valence-electron chi connectivity index (χ1n) is 9.89. The van der Waals surface area contributed by atoms with Crippen LogP contribution in [0.1, 0.15) is 62.0 Å². The molecule has 4 rings (SSSR count). The average Bonchev–Trinajstić information content (AvgIpc) is 2.94. The lowest BCUT2D eigenvalue weighted by atomic mass is 9.54. The van der Waals surface area contributed by atoms with Crippen LogP contribution < -0.4 is 5.32 Å². The minimum atomic E-state index is -0.974. The number of nitrogens with one attached hydrogen (secondary N) is 1. The molecule has 0 saturated heterocycles. The fourth-order valence-electron chi connectivity index (χ4n) is 6.20. The molecule has 0 spiro atoms. The zero-order valence-corrected chi connectivity index (χ0v) is 15.7. The highest BCUT2D eigenvalue weighted by atomic mass is 16.6. The predicted octanol–water partition coefficient (Wildman–Crippen LogP) is 2.66. The molecule has 3 aliphatic carbocycles. The van der Waals surface area contributed by atoms with Gasteiger partial charge in [0.05, 0.1) is 6.10 Å². The lowest BCUT2D eigenvalue weighted by molar-refractivity contribution is -0.0979. The van der Waals surface area contributed by atoms with Gasteiger partial charge in [-0.15, -0.1) is 0 Å². The summed E-state index contributed by atoms with van der Waals surface area (Å²) in [6, 6.07) is 5.79. The minimum absolute atomic E-state index is 0.0413.